The lowest BCUT2D eigenvalue weighted by atomic mass is 10.1. The molecule has 0 rings (SSSR count). The Bertz CT molecular complexity index is 289. The third-order valence-electron chi connectivity index (χ3n) is 1.42. The van der Waals surface area contributed by atoms with Gasteiger partial charge in [0, 0.05) is 19.2 Å². The number of rotatable bonds is 5. The third-order valence-corrected chi connectivity index (χ3v) is 2.36. The standard InChI is InChI=1S/C8H17NO4S/c1-8(2,11)6-9-7(10)4-5-14(3,12)13/h11H,4-6H2,1-3H3,(H,9,10). The predicted molar refractivity (Wildman–Crippen MR) is 53.6 cm³/mol. The van der Waals surface area contributed by atoms with Crippen molar-refractivity contribution >= 4 is 15.7 Å². The molecule has 0 saturated carbocycles. The van der Waals surface area contributed by atoms with E-state index in [1.165, 1.54) is 0 Å². The van der Waals surface area contributed by atoms with Gasteiger partial charge in [0.2, 0.25) is 5.91 Å². The molecule has 0 bridgehead atoms. The molecule has 0 aliphatic heterocycles. The van der Waals surface area contributed by atoms with Crippen LogP contribution in [0.1, 0.15) is 20.3 Å². The van der Waals surface area contributed by atoms with Crippen LogP contribution in [0.4, 0.5) is 0 Å². The van der Waals surface area contributed by atoms with Crippen molar-refractivity contribution in [1.82, 2.24) is 5.32 Å². The Kier molecular flexibility index (Phi) is 4.54. The molecular weight excluding hydrogens is 206 g/mol. The second-order valence-corrected chi connectivity index (χ2v) is 6.23. The van der Waals surface area contributed by atoms with E-state index in [1.807, 2.05) is 0 Å². The minimum absolute atomic E-state index is 0.0606. The molecule has 84 valence electrons. The maximum Gasteiger partial charge on any atom is 0.221 e. The van der Waals surface area contributed by atoms with Gasteiger partial charge in [0.25, 0.3) is 0 Å². The van der Waals surface area contributed by atoms with E-state index >= 15 is 0 Å². The number of sulfone groups is 1. The summed E-state index contributed by atoms with van der Waals surface area (Å²) >= 11 is 0. The first-order valence-corrected chi connectivity index (χ1v) is 6.33. The van der Waals surface area contributed by atoms with E-state index in [2.05, 4.69) is 5.32 Å². The van der Waals surface area contributed by atoms with Crippen molar-refractivity contribution in [2.45, 2.75) is 25.9 Å². The zero-order chi connectivity index (χ0) is 11.4. The van der Waals surface area contributed by atoms with E-state index in [4.69, 9.17) is 0 Å². The Morgan fingerprint density at radius 3 is 2.29 bits per heavy atom. The van der Waals surface area contributed by atoms with Crippen LogP contribution in [0.3, 0.4) is 0 Å². The second-order valence-electron chi connectivity index (χ2n) is 3.97. The van der Waals surface area contributed by atoms with Gasteiger partial charge in [0.05, 0.1) is 11.4 Å². The Morgan fingerprint density at radius 1 is 1.43 bits per heavy atom. The number of hydrogen-bond donors (Lipinski definition) is 2. The molecule has 5 nitrogen and oxygen atoms in total. The van der Waals surface area contributed by atoms with Crippen LogP contribution in [0.5, 0.6) is 0 Å². The van der Waals surface area contributed by atoms with E-state index < -0.39 is 15.4 Å². The Balaban J connectivity index is 3.79. The molecule has 1 amide bonds. The van der Waals surface area contributed by atoms with Crippen molar-refractivity contribution in [3.63, 3.8) is 0 Å². The van der Waals surface area contributed by atoms with Crippen LogP contribution in [0.15, 0.2) is 0 Å². The van der Waals surface area contributed by atoms with Gasteiger partial charge in [-0.25, -0.2) is 8.42 Å². The van der Waals surface area contributed by atoms with Crippen molar-refractivity contribution in [3.8, 4) is 0 Å². The maximum atomic E-state index is 11.0. The minimum atomic E-state index is -3.10. The van der Waals surface area contributed by atoms with Crippen molar-refractivity contribution < 1.29 is 18.3 Å². The summed E-state index contributed by atoms with van der Waals surface area (Å²) in [5.74, 6) is -0.525. The van der Waals surface area contributed by atoms with Gasteiger partial charge >= 0.3 is 0 Å². The summed E-state index contributed by atoms with van der Waals surface area (Å²) in [6, 6.07) is 0. The number of nitrogens with one attached hydrogen (secondary N) is 1. The second kappa shape index (κ2) is 4.75. The summed E-state index contributed by atoms with van der Waals surface area (Å²) in [6.07, 6.45) is 1.02. The molecule has 0 aromatic carbocycles. The number of carbonyl (C=O) groups is 1. The fourth-order valence-corrected chi connectivity index (χ4v) is 1.24. The first-order chi connectivity index (χ1) is 6.10. The minimum Gasteiger partial charge on any atom is -0.389 e. The first-order valence-electron chi connectivity index (χ1n) is 4.27. The molecule has 0 aliphatic carbocycles. The summed E-state index contributed by atoms with van der Waals surface area (Å²) in [5, 5.41) is 11.7. The van der Waals surface area contributed by atoms with E-state index in [-0.39, 0.29) is 24.6 Å². The monoisotopic (exact) mass is 223 g/mol. The Hall–Kier alpha value is -0.620. The summed E-state index contributed by atoms with van der Waals surface area (Å²) in [4.78, 5) is 11.0. The highest BCUT2D eigenvalue weighted by Crippen LogP contribution is 1.97. The lowest BCUT2D eigenvalue weighted by molar-refractivity contribution is -0.121. The average molecular weight is 223 g/mol. The topological polar surface area (TPSA) is 83.5 Å². The fraction of sp³-hybridized carbons (Fsp3) is 0.875. The van der Waals surface area contributed by atoms with Crippen LogP contribution in [-0.2, 0) is 14.6 Å². The van der Waals surface area contributed by atoms with Gasteiger partial charge in [-0.2, -0.15) is 0 Å². The molecule has 0 atom stereocenters. The average Bonchev–Trinajstić information content (AvgIpc) is 1.94. The molecule has 0 saturated heterocycles. The van der Waals surface area contributed by atoms with E-state index in [9.17, 15) is 18.3 Å². The highest BCUT2D eigenvalue weighted by molar-refractivity contribution is 7.90. The lowest BCUT2D eigenvalue weighted by Crippen LogP contribution is -2.38. The van der Waals surface area contributed by atoms with Gasteiger partial charge in [0.15, 0.2) is 0 Å². The third kappa shape index (κ3) is 9.47. The maximum absolute atomic E-state index is 11.0. The fourth-order valence-electron chi connectivity index (χ4n) is 0.681. The van der Waals surface area contributed by atoms with E-state index in [1.54, 1.807) is 13.8 Å². The van der Waals surface area contributed by atoms with Crippen LogP contribution >= 0.6 is 0 Å². The largest absolute Gasteiger partial charge is 0.389 e. The molecular formula is C8H17NO4S. The molecule has 2 N–H and O–H groups in total. The molecule has 14 heavy (non-hydrogen) atoms. The van der Waals surface area contributed by atoms with Gasteiger partial charge in [-0.05, 0) is 13.8 Å². The summed E-state index contributed by atoms with van der Waals surface area (Å²) < 4.78 is 21.4. The van der Waals surface area contributed by atoms with Crippen LogP contribution in [0.25, 0.3) is 0 Å². The van der Waals surface area contributed by atoms with Crippen molar-refractivity contribution in [2.24, 2.45) is 0 Å². The molecule has 0 heterocycles. The molecule has 0 unspecified atom stereocenters. The van der Waals surface area contributed by atoms with Crippen molar-refractivity contribution in [1.29, 1.82) is 0 Å². The molecule has 0 aliphatic rings. The van der Waals surface area contributed by atoms with E-state index in [0.29, 0.717) is 0 Å². The summed E-state index contributed by atoms with van der Waals surface area (Å²) in [6.45, 7) is 3.24. The normalized spacial score (nSPS) is 12.6. The lowest BCUT2D eigenvalue weighted by Gasteiger charge is -2.17. The van der Waals surface area contributed by atoms with Gasteiger partial charge in [-0.15, -0.1) is 0 Å². The van der Waals surface area contributed by atoms with Crippen LogP contribution in [-0.4, -0.2) is 43.6 Å². The van der Waals surface area contributed by atoms with Crippen LogP contribution < -0.4 is 5.32 Å². The zero-order valence-electron chi connectivity index (χ0n) is 8.70. The predicted octanol–water partition coefficient (Wildman–Crippen LogP) is -0.692. The van der Waals surface area contributed by atoms with Crippen molar-refractivity contribution in [3.05, 3.63) is 0 Å². The quantitative estimate of drug-likeness (QED) is 0.646. The Morgan fingerprint density at radius 2 is 1.93 bits per heavy atom. The number of carbonyl (C=O) groups excluding carboxylic acids is 1. The highest BCUT2D eigenvalue weighted by Gasteiger charge is 2.14. The van der Waals surface area contributed by atoms with Gasteiger partial charge in [0.1, 0.15) is 9.84 Å². The SMILES string of the molecule is CC(C)(O)CNC(=O)CCS(C)(=O)=O. The first kappa shape index (κ1) is 13.4. The molecule has 0 radical (unpaired) electrons. The molecule has 6 heteroatoms. The molecule has 0 aromatic heterocycles. The molecule has 0 fully saturated rings. The summed E-state index contributed by atoms with van der Waals surface area (Å²) in [5.41, 5.74) is -0.971. The Labute approximate surface area is 84.4 Å². The number of amides is 1. The molecule has 0 aromatic rings. The summed E-state index contributed by atoms with van der Waals surface area (Å²) in [7, 11) is -3.10. The van der Waals surface area contributed by atoms with Crippen LogP contribution in [0, 0.1) is 0 Å². The molecule has 0 spiro atoms. The number of aliphatic hydroxyl groups is 1. The van der Waals surface area contributed by atoms with Crippen LogP contribution in [0.2, 0.25) is 0 Å². The van der Waals surface area contributed by atoms with E-state index in [0.717, 1.165) is 6.26 Å². The smallest absolute Gasteiger partial charge is 0.221 e. The number of hydrogen-bond acceptors (Lipinski definition) is 4. The van der Waals surface area contributed by atoms with Gasteiger partial charge < -0.3 is 10.4 Å². The zero-order valence-corrected chi connectivity index (χ0v) is 9.52. The van der Waals surface area contributed by atoms with Gasteiger partial charge in [-0.1, -0.05) is 0 Å². The van der Waals surface area contributed by atoms with Crippen molar-refractivity contribution in [2.75, 3.05) is 18.6 Å². The highest BCUT2D eigenvalue weighted by atomic mass is 32.2. The van der Waals surface area contributed by atoms with Gasteiger partial charge in [-0.3, -0.25) is 4.79 Å².